The number of para-hydroxylation sites is 1. The SMILES string of the molecule is N#Cc1cc(N2CCC(NC(=O)c3ccc[nH]3)CC2)nc2ccccc12. The van der Waals surface area contributed by atoms with Crippen LogP contribution in [0.4, 0.5) is 5.82 Å². The highest BCUT2D eigenvalue weighted by Gasteiger charge is 2.23. The molecule has 2 aromatic heterocycles. The number of hydrogen-bond acceptors (Lipinski definition) is 4. The third-order valence-electron chi connectivity index (χ3n) is 4.82. The van der Waals surface area contributed by atoms with Gasteiger partial charge in [-0.3, -0.25) is 4.79 Å². The normalized spacial score (nSPS) is 15.0. The number of fused-ring (bicyclic) bond motifs is 1. The Balaban J connectivity index is 1.46. The number of amides is 1. The molecule has 1 saturated heterocycles. The zero-order chi connectivity index (χ0) is 17.9. The van der Waals surface area contributed by atoms with Crippen molar-refractivity contribution in [1.29, 1.82) is 5.26 Å². The van der Waals surface area contributed by atoms with Crippen molar-refractivity contribution in [3.8, 4) is 6.07 Å². The van der Waals surface area contributed by atoms with Crippen LogP contribution >= 0.6 is 0 Å². The van der Waals surface area contributed by atoms with Crippen molar-refractivity contribution in [2.75, 3.05) is 18.0 Å². The molecule has 6 nitrogen and oxygen atoms in total. The van der Waals surface area contributed by atoms with Crippen LogP contribution in [-0.2, 0) is 0 Å². The molecule has 1 aliphatic rings. The van der Waals surface area contributed by atoms with Crippen LogP contribution in [0.5, 0.6) is 0 Å². The quantitative estimate of drug-likeness (QED) is 0.764. The van der Waals surface area contributed by atoms with Crippen molar-refractivity contribution in [2.24, 2.45) is 0 Å². The number of nitrogens with one attached hydrogen (secondary N) is 2. The molecule has 26 heavy (non-hydrogen) atoms. The van der Waals surface area contributed by atoms with Crippen LogP contribution in [0.25, 0.3) is 10.9 Å². The van der Waals surface area contributed by atoms with E-state index in [1.165, 1.54) is 0 Å². The summed E-state index contributed by atoms with van der Waals surface area (Å²) in [7, 11) is 0. The molecule has 0 bridgehead atoms. The van der Waals surface area contributed by atoms with E-state index in [1.54, 1.807) is 12.3 Å². The molecule has 1 amide bonds. The second kappa shape index (κ2) is 6.89. The number of carbonyl (C=O) groups is 1. The lowest BCUT2D eigenvalue weighted by Gasteiger charge is -2.33. The smallest absolute Gasteiger partial charge is 0.267 e. The maximum atomic E-state index is 12.2. The molecule has 2 N–H and O–H groups in total. The van der Waals surface area contributed by atoms with Crippen molar-refractivity contribution in [2.45, 2.75) is 18.9 Å². The third-order valence-corrected chi connectivity index (χ3v) is 4.82. The Labute approximate surface area is 151 Å². The van der Waals surface area contributed by atoms with Crippen molar-refractivity contribution in [1.82, 2.24) is 15.3 Å². The number of pyridine rings is 1. The van der Waals surface area contributed by atoms with E-state index in [2.05, 4.69) is 21.3 Å². The summed E-state index contributed by atoms with van der Waals surface area (Å²) in [6.07, 6.45) is 3.45. The molecule has 3 aromatic rings. The number of H-pyrrole nitrogens is 1. The molecule has 0 spiro atoms. The summed E-state index contributed by atoms with van der Waals surface area (Å²) in [6.45, 7) is 1.60. The average Bonchev–Trinajstić information content (AvgIpc) is 3.22. The zero-order valence-electron chi connectivity index (χ0n) is 14.3. The molecule has 0 aliphatic carbocycles. The van der Waals surface area contributed by atoms with Gasteiger partial charge in [-0.2, -0.15) is 5.26 Å². The number of rotatable bonds is 3. The number of aromatic nitrogens is 2. The molecule has 0 unspecified atom stereocenters. The monoisotopic (exact) mass is 345 g/mol. The molecule has 6 heteroatoms. The number of nitriles is 1. The van der Waals surface area contributed by atoms with Crippen LogP contribution in [0.15, 0.2) is 48.7 Å². The summed E-state index contributed by atoms with van der Waals surface area (Å²) in [4.78, 5) is 22.0. The Morgan fingerprint density at radius 3 is 2.77 bits per heavy atom. The van der Waals surface area contributed by atoms with E-state index < -0.39 is 0 Å². The van der Waals surface area contributed by atoms with E-state index in [0.717, 1.165) is 42.7 Å². The van der Waals surface area contributed by atoms with Gasteiger partial charge >= 0.3 is 0 Å². The maximum absolute atomic E-state index is 12.2. The summed E-state index contributed by atoms with van der Waals surface area (Å²) >= 11 is 0. The number of carbonyl (C=O) groups excluding carboxylic acids is 1. The topological polar surface area (TPSA) is 84.8 Å². The molecule has 0 saturated carbocycles. The van der Waals surface area contributed by atoms with E-state index in [4.69, 9.17) is 4.98 Å². The van der Waals surface area contributed by atoms with Gasteiger partial charge < -0.3 is 15.2 Å². The first kappa shape index (κ1) is 16.2. The lowest BCUT2D eigenvalue weighted by atomic mass is 10.0. The van der Waals surface area contributed by atoms with Crippen LogP contribution in [0.1, 0.15) is 28.9 Å². The van der Waals surface area contributed by atoms with Gasteiger partial charge in [0.15, 0.2) is 0 Å². The minimum atomic E-state index is -0.0657. The Kier molecular flexibility index (Phi) is 4.28. The van der Waals surface area contributed by atoms with Gasteiger partial charge in [0, 0.05) is 30.7 Å². The second-order valence-electron chi connectivity index (χ2n) is 6.48. The fourth-order valence-electron chi connectivity index (χ4n) is 3.40. The first-order chi connectivity index (χ1) is 12.7. The molecular weight excluding hydrogens is 326 g/mol. The molecular formula is C20H19N5O. The van der Waals surface area contributed by atoms with Crippen molar-refractivity contribution in [3.05, 3.63) is 59.9 Å². The van der Waals surface area contributed by atoms with Gasteiger partial charge in [-0.05, 0) is 37.1 Å². The molecule has 1 aromatic carbocycles. The minimum absolute atomic E-state index is 0.0657. The lowest BCUT2D eigenvalue weighted by molar-refractivity contribution is 0.0926. The van der Waals surface area contributed by atoms with Crippen LogP contribution in [-0.4, -0.2) is 35.0 Å². The van der Waals surface area contributed by atoms with Gasteiger partial charge in [-0.1, -0.05) is 18.2 Å². The molecule has 4 rings (SSSR count). The highest BCUT2D eigenvalue weighted by molar-refractivity contribution is 5.92. The summed E-state index contributed by atoms with van der Waals surface area (Å²) < 4.78 is 0. The largest absolute Gasteiger partial charge is 0.357 e. The fraction of sp³-hybridized carbons (Fsp3) is 0.250. The number of anilines is 1. The van der Waals surface area contributed by atoms with Crippen LogP contribution in [0.3, 0.4) is 0 Å². The highest BCUT2D eigenvalue weighted by atomic mass is 16.1. The fourth-order valence-corrected chi connectivity index (χ4v) is 3.40. The summed E-state index contributed by atoms with van der Waals surface area (Å²) in [5.74, 6) is 0.762. The van der Waals surface area contributed by atoms with Crippen molar-refractivity contribution in [3.63, 3.8) is 0 Å². The Morgan fingerprint density at radius 1 is 1.23 bits per heavy atom. The first-order valence-corrected chi connectivity index (χ1v) is 8.73. The van der Waals surface area contributed by atoms with Gasteiger partial charge in [0.1, 0.15) is 11.5 Å². The average molecular weight is 345 g/mol. The summed E-state index contributed by atoms with van der Waals surface area (Å²) in [5.41, 5.74) is 2.07. The molecule has 0 radical (unpaired) electrons. The number of benzene rings is 1. The van der Waals surface area contributed by atoms with E-state index in [9.17, 15) is 10.1 Å². The van der Waals surface area contributed by atoms with E-state index >= 15 is 0 Å². The van der Waals surface area contributed by atoms with E-state index in [1.807, 2.05) is 36.4 Å². The maximum Gasteiger partial charge on any atom is 0.267 e. The van der Waals surface area contributed by atoms with Crippen molar-refractivity contribution < 1.29 is 4.79 Å². The number of nitrogens with zero attached hydrogens (tertiary/aromatic N) is 3. The number of piperidine rings is 1. The van der Waals surface area contributed by atoms with Crippen LogP contribution in [0, 0.1) is 11.3 Å². The van der Waals surface area contributed by atoms with Gasteiger partial charge in [-0.25, -0.2) is 4.98 Å². The van der Waals surface area contributed by atoms with Gasteiger partial charge in [-0.15, -0.1) is 0 Å². The number of aromatic amines is 1. The predicted octanol–water partition coefficient (Wildman–Crippen LogP) is 2.83. The Hall–Kier alpha value is -3.33. The third kappa shape index (κ3) is 3.11. The van der Waals surface area contributed by atoms with Gasteiger partial charge in [0.2, 0.25) is 0 Å². The minimum Gasteiger partial charge on any atom is -0.357 e. The highest BCUT2D eigenvalue weighted by Crippen LogP contribution is 2.24. The van der Waals surface area contributed by atoms with Crippen LogP contribution < -0.4 is 10.2 Å². The molecule has 130 valence electrons. The molecule has 0 atom stereocenters. The lowest BCUT2D eigenvalue weighted by Crippen LogP contribution is -2.45. The molecule has 1 aliphatic heterocycles. The van der Waals surface area contributed by atoms with E-state index in [-0.39, 0.29) is 11.9 Å². The van der Waals surface area contributed by atoms with E-state index in [0.29, 0.717) is 11.3 Å². The predicted molar refractivity (Wildman–Crippen MR) is 100.0 cm³/mol. The Morgan fingerprint density at radius 2 is 2.04 bits per heavy atom. The van der Waals surface area contributed by atoms with Gasteiger partial charge in [0.05, 0.1) is 17.1 Å². The molecule has 1 fully saturated rings. The summed E-state index contributed by atoms with van der Waals surface area (Å²) in [5, 5.41) is 13.4. The van der Waals surface area contributed by atoms with Gasteiger partial charge in [0.25, 0.3) is 5.91 Å². The molecule has 3 heterocycles. The van der Waals surface area contributed by atoms with Crippen molar-refractivity contribution >= 4 is 22.6 Å². The summed E-state index contributed by atoms with van der Waals surface area (Å²) in [6, 6.07) is 15.6. The van der Waals surface area contributed by atoms with Crippen LogP contribution in [0.2, 0.25) is 0 Å². The zero-order valence-corrected chi connectivity index (χ0v) is 14.3. The standard InChI is InChI=1S/C20H19N5O/c21-13-14-12-19(24-17-5-2-1-4-16(14)17)25-10-7-15(8-11-25)23-20(26)18-6-3-9-22-18/h1-6,9,12,15,22H,7-8,10-11H2,(H,23,26). The second-order valence-corrected chi connectivity index (χ2v) is 6.48. The number of hydrogen-bond donors (Lipinski definition) is 2. The first-order valence-electron chi connectivity index (χ1n) is 8.73. The Bertz CT molecular complexity index is 966.